The van der Waals surface area contributed by atoms with Crippen LogP contribution in [0.5, 0.6) is 0 Å². The zero-order valence-corrected chi connectivity index (χ0v) is 37.5. The Kier molecular flexibility index (Phi) is 11.3. The first-order valence-corrected chi connectivity index (χ1v) is 21.7. The number of nitrogens with zero attached hydrogens (tertiary/aromatic N) is 4. The van der Waals surface area contributed by atoms with Gasteiger partial charge >= 0.3 is 19.5 Å². The monoisotopic (exact) mass is 890 g/mol. The molecule has 0 saturated heterocycles. The summed E-state index contributed by atoms with van der Waals surface area (Å²) < 4.78 is 72.1. The molecular weight excluding hydrogens is 858 g/mol. The summed E-state index contributed by atoms with van der Waals surface area (Å²) in [7, 11) is -7.81. The van der Waals surface area contributed by atoms with E-state index in [9.17, 15) is 16.8 Å². The molecule has 10 aromatic rings. The number of rotatable bonds is 8. The molecule has 2 aromatic heterocycles. The summed E-state index contributed by atoms with van der Waals surface area (Å²) in [6.45, 7) is 3.81. The number of oxazole rings is 2. The molecule has 13 heteroatoms. The SMILES string of the molecule is Cc1ccc(S(=O)(=O)[N-]c2cc3ccccc3cc2-c2nc3ccccc3o2)cc1.Cc1ccc(S(=O)(=O)[N-]c2cc3ccccc3cc2-c2nc3ccccc3o2)cc1.[Zn+2]. The van der Waals surface area contributed by atoms with E-state index in [0.717, 1.165) is 32.7 Å². The Bertz CT molecular complexity index is 3150. The van der Waals surface area contributed by atoms with Gasteiger partial charge in [0.2, 0.25) is 11.8 Å². The van der Waals surface area contributed by atoms with Crippen molar-refractivity contribution in [3.8, 4) is 22.9 Å². The van der Waals surface area contributed by atoms with Gasteiger partial charge in [0.1, 0.15) is 31.1 Å². The Morgan fingerprint density at radius 2 is 0.754 bits per heavy atom. The minimum Gasteiger partial charge on any atom is -0.572 e. The molecule has 0 fully saturated rings. The minimum atomic E-state index is -3.90. The van der Waals surface area contributed by atoms with Crippen LogP contribution in [0.15, 0.2) is 188 Å². The normalized spacial score (nSPS) is 11.6. The summed E-state index contributed by atoms with van der Waals surface area (Å²) in [5.74, 6) is 0.666. The fraction of sp³-hybridized carbons (Fsp3) is 0.0417. The topological polar surface area (TPSA) is 149 Å². The van der Waals surface area contributed by atoms with Gasteiger partial charge in [-0.3, -0.25) is 0 Å². The molecule has 8 aromatic carbocycles. The van der Waals surface area contributed by atoms with E-state index >= 15 is 0 Å². The van der Waals surface area contributed by atoms with E-state index in [1.54, 1.807) is 60.7 Å². The van der Waals surface area contributed by atoms with Gasteiger partial charge in [-0.2, -0.15) is 0 Å². The Morgan fingerprint density at radius 3 is 1.11 bits per heavy atom. The number of aromatic nitrogens is 2. The van der Waals surface area contributed by atoms with E-state index in [0.29, 0.717) is 56.5 Å². The van der Waals surface area contributed by atoms with Crippen LogP contribution < -0.4 is 0 Å². The van der Waals surface area contributed by atoms with E-state index in [2.05, 4.69) is 19.4 Å². The van der Waals surface area contributed by atoms with Gasteiger partial charge in [-0.25, -0.2) is 26.8 Å². The van der Waals surface area contributed by atoms with Crippen LogP contribution in [0.25, 0.3) is 76.1 Å². The predicted octanol–water partition coefficient (Wildman–Crippen LogP) is 12.7. The third kappa shape index (κ3) is 8.67. The molecule has 61 heavy (non-hydrogen) atoms. The van der Waals surface area contributed by atoms with Crippen LogP contribution in [0, 0.1) is 13.8 Å². The summed E-state index contributed by atoms with van der Waals surface area (Å²) >= 11 is 0. The smallest absolute Gasteiger partial charge is 0.572 e. The number of hydrogen-bond donors (Lipinski definition) is 0. The standard InChI is InChI=1S/2C24H17N2O3S.Zn/c2*1-16-10-12-19(13-11-16)30(27,28)26-22-15-18-7-3-2-6-17(18)14-20(22)24-25-21-8-4-5-9-23(21)29-24;/h2*2-15H,1H3;/q2*-1;+2. The van der Waals surface area contributed by atoms with Gasteiger partial charge < -0.3 is 18.3 Å². The van der Waals surface area contributed by atoms with E-state index in [1.807, 2.05) is 123 Å². The van der Waals surface area contributed by atoms with Gasteiger partial charge in [0, 0.05) is 11.1 Å². The first-order valence-electron chi connectivity index (χ1n) is 18.9. The van der Waals surface area contributed by atoms with E-state index < -0.39 is 20.0 Å². The van der Waals surface area contributed by atoms with Crippen LogP contribution in [0.3, 0.4) is 0 Å². The van der Waals surface area contributed by atoms with Crippen molar-refractivity contribution < 1.29 is 45.1 Å². The minimum absolute atomic E-state index is 0. The van der Waals surface area contributed by atoms with Crippen molar-refractivity contribution in [2.75, 3.05) is 0 Å². The van der Waals surface area contributed by atoms with Gasteiger partial charge in [0.25, 0.3) is 0 Å². The number of para-hydroxylation sites is 4. The molecule has 0 spiro atoms. The predicted molar refractivity (Wildman–Crippen MR) is 237 cm³/mol. The molecule has 0 atom stereocenters. The zero-order valence-electron chi connectivity index (χ0n) is 32.9. The van der Waals surface area contributed by atoms with E-state index in [4.69, 9.17) is 8.83 Å². The molecule has 0 unspecified atom stereocenters. The number of fused-ring (bicyclic) bond motifs is 4. The number of benzene rings is 8. The van der Waals surface area contributed by atoms with Crippen LogP contribution in [-0.4, -0.2) is 26.8 Å². The molecule has 0 aliphatic carbocycles. The molecule has 0 saturated carbocycles. The quantitative estimate of drug-likeness (QED) is 0.137. The molecule has 10 nitrogen and oxygen atoms in total. The van der Waals surface area contributed by atoms with Crippen molar-refractivity contribution in [3.63, 3.8) is 0 Å². The second-order valence-electron chi connectivity index (χ2n) is 14.2. The summed E-state index contributed by atoms with van der Waals surface area (Å²) in [6.07, 6.45) is 0. The van der Waals surface area contributed by atoms with E-state index in [-0.39, 0.29) is 29.3 Å². The molecule has 0 aliphatic heterocycles. The summed E-state index contributed by atoms with van der Waals surface area (Å²) in [5.41, 5.74) is 6.27. The molecule has 0 radical (unpaired) electrons. The number of aryl methyl sites for hydroxylation is 2. The van der Waals surface area contributed by atoms with Crippen LogP contribution in [-0.2, 0) is 39.5 Å². The molecule has 2 heterocycles. The van der Waals surface area contributed by atoms with Crippen LogP contribution in [0.4, 0.5) is 11.4 Å². The Morgan fingerprint density at radius 1 is 0.426 bits per heavy atom. The van der Waals surface area contributed by atoms with Gasteiger partial charge in [-0.15, -0.1) is 11.4 Å². The fourth-order valence-electron chi connectivity index (χ4n) is 6.71. The summed E-state index contributed by atoms with van der Waals surface area (Å²) in [6, 6.07) is 50.8. The maximum Gasteiger partial charge on any atom is 2.00 e. The molecular formula is C48H34N4O6S2Zn. The largest absolute Gasteiger partial charge is 2.00 e. The first-order chi connectivity index (χ1) is 29.0. The van der Waals surface area contributed by atoms with Crippen molar-refractivity contribution in [1.29, 1.82) is 0 Å². The maximum atomic E-state index is 13.0. The number of hydrogen-bond acceptors (Lipinski definition) is 8. The Balaban J connectivity index is 0.000000166. The summed E-state index contributed by atoms with van der Waals surface area (Å²) in [5, 5.41) is 3.66. The zero-order chi connectivity index (χ0) is 41.4. The number of sulfonamides is 2. The first kappa shape index (κ1) is 41.1. The van der Waals surface area contributed by atoms with Gasteiger partial charge in [-0.05, 0) is 96.1 Å². The fourth-order valence-corrected chi connectivity index (χ4v) is 8.70. The average Bonchev–Trinajstić information content (AvgIpc) is 3.89. The second-order valence-corrected chi connectivity index (χ2v) is 17.4. The molecule has 0 aliphatic rings. The average molecular weight is 892 g/mol. The van der Waals surface area contributed by atoms with Crippen molar-refractivity contribution in [2.45, 2.75) is 23.6 Å². The molecule has 0 N–H and O–H groups in total. The van der Waals surface area contributed by atoms with Gasteiger partial charge in [0.15, 0.2) is 11.2 Å². The second kappa shape index (κ2) is 16.8. The Labute approximate surface area is 365 Å². The van der Waals surface area contributed by atoms with Crippen LogP contribution >= 0.6 is 0 Å². The third-order valence-corrected chi connectivity index (χ3v) is 12.5. The molecule has 0 bridgehead atoms. The maximum absolute atomic E-state index is 13.0. The molecule has 0 amide bonds. The summed E-state index contributed by atoms with van der Waals surface area (Å²) in [4.78, 5) is 9.37. The van der Waals surface area contributed by atoms with Crippen molar-refractivity contribution >= 4 is 75.2 Å². The third-order valence-electron chi connectivity index (χ3n) is 9.85. The van der Waals surface area contributed by atoms with Crippen LogP contribution in [0.1, 0.15) is 11.1 Å². The van der Waals surface area contributed by atoms with Gasteiger partial charge in [0.05, 0.1) is 9.79 Å². The van der Waals surface area contributed by atoms with Crippen molar-refractivity contribution in [3.05, 3.63) is 190 Å². The van der Waals surface area contributed by atoms with Gasteiger partial charge in [-0.1, -0.05) is 120 Å². The van der Waals surface area contributed by atoms with E-state index in [1.165, 1.54) is 0 Å². The van der Waals surface area contributed by atoms with Crippen LogP contribution in [0.2, 0.25) is 0 Å². The molecule has 296 valence electrons. The molecule has 10 rings (SSSR count). The Hall–Kier alpha value is -6.66. The van der Waals surface area contributed by atoms with Crippen molar-refractivity contribution in [2.24, 2.45) is 0 Å². The van der Waals surface area contributed by atoms with Crippen molar-refractivity contribution in [1.82, 2.24) is 9.97 Å².